The van der Waals surface area contributed by atoms with Gasteiger partial charge in [0.15, 0.2) is 17.0 Å². The van der Waals surface area contributed by atoms with Crippen LogP contribution in [0.5, 0.6) is 11.5 Å². The number of carbonyl (C=O) groups excluding carboxylic acids is 3. The molecule has 2 N–H and O–H groups in total. The Morgan fingerprint density at radius 1 is 1.00 bits per heavy atom. The zero-order chi connectivity index (χ0) is 36.8. The van der Waals surface area contributed by atoms with Crippen LogP contribution in [-0.2, 0) is 30.3 Å². The highest BCUT2D eigenvalue weighted by molar-refractivity contribution is 5.93. The molecular formula is C37H63N3O8. The van der Waals surface area contributed by atoms with Gasteiger partial charge >= 0.3 is 0 Å². The fourth-order valence-corrected chi connectivity index (χ4v) is 5.68. The summed E-state index contributed by atoms with van der Waals surface area (Å²) in [6.07, 6.45) is 1.42. The molecule has 0 aliphatic heterocycles. The fourth-order valence-electron chi connectivity index (χ4n) is 5.68. The van der Waals surface area contributed by atoms with Crippen molar-refractivity contribution in [1.82, 2.24) is 10.2 Å². The SMILES string of the molecule is COCCCOc1cc(C[C@@H](C[C@H](OC(C)(C)C)[C@@H](O)C[C@@](N=C=O)(C(=O)N[C@H](C(=O)N(C)C)C(C)C)C(C)C)C(C)C)ccc1OC. The number of carbonyl (C=O) groups is 2. The van der Waals surface area contributed by atoms with Crippen molar-refractivity contribution in [2.75, 3.05) is 41.5 Å². The summed E-state index contributed by atoms with van der Waals surface area (Å²) in [6.45, 7) is 18.3. The summed E-state index contributed by atoms with van der Waals surface area (Å²) in [4.78, 5) is 44.2. The van der Waals surface area contributed by atoms with E-state index in [0.717, 1.165) is 12.0 Å². The van der Waals surface area contributed by atoms with Gasteiger partial charge in [0.05, 0.1) is 31.5 Å². The first kappa shape index (κ1) is 43.0. The smallest absolute Gasteiger partial charge is 0.249 e. The van der Waals surface area contributed by atoms with Crippen LogP contribution in [0.15, 0.2) is 23.2 Å². The minimum absolute atomic E-state index is 0.0709. The number of aliphatic imine (C=N–C) groups is 1. The summed E-state index contributed by atoms with van der Waals surface area (Å²) in [6, 6.07) is 5.06. The zero-order valence-electron chi connectivity index (χ0n) is 31.7. The topological polar surface area (TPSA) is 136 Å². The molecule has 1 rings (SSSR count). The van der Waals surface area contributed by atoms with E-state index in [1.54, 1.807) is 48.2 Å². The first-order valence-corrected chi connectivity index (χ1v) is 17.1. The van der Waals surface area contributed by atoms with Crippen LogP contribution in [0.25, 0.3) is 0 Å². The monoisotopic (exact) mass is 677 g/mol. The van der Waals surface area contributed by atoms with Crippen LogP contribution in [0.2, 0.25) is 0 Å². The summed E-state index contributed by atoms with van der Waals surface area (Å²) in [5.41, 5.74) is -1.25. The number of isocyanates is 1. The standard InChI is InChI=1S/C37H63N3O8/c1-24(2)28(19-27-15-16-30(46-13)32(20-27)47-18-14-17-45-12)21-31(48-36(7,8)9)29(42)22-37(26(5)6,38-23-41)35(44)39-33(25(3)4)34(43)40(10)11/h15-16,20,24-26,28-29,31,33,42H,14,17-19,21-22H2,1-13H3,(H,39,44)/t28-,29-,31-,33-,37-/m0/s1. The maximum atomic E-state index is 14.0. The maximum Gasteiger partial charge on any atom is 0.249 e. The molecule has 0 aliphatic carbocycles. The van der Waals surface area contributed by atoms with E-state index in [0.29, 0.717) is 37.6 Å². The number of aliphatic hydroxyl groups excluding tert-OH is 1. The zero-order valence-corrected chi connectivity index (χ0v) is 31.7. The first-order valence-electron chi connectivity index (χ1n) is 17.1. The molecule has 0 fully saturated rings. The molecular weight excluding hydrogens is 614 g/mol. The average Bonchev–Trinajstić information content (AvgIpc) is 2.99. The minimum Gasteiger partial charge on any atom is -0.493 e. The lowest BCUT2D eigenvalue weighted by atomic mass is 9.77. The number of aliphatic hydroxyl groups is 1. The molecule has 1 aromatic rings. The van der Waals surface area contributed by atoms with Crippen LogP contribution in [0.3, 0.4) is 0 Å². The van der Waals surface area contributed by atoms with Crippen molar-refractivity contribution in [3.63, 3.8) is 0 Å². The highest BCUT2D eigenvalue weighted by Crippen LogP contribution is 2.35. The Kier molecular flexibility index (Phi) is 17.8. The van der Waals surface area contributed by atoms with Gasteiger partial charge in [-0.2, -0.15) is 4.99 Å². The van der Waals surface area contributed by atoms with E-state index in [2.05, 4.69) is 24.2 Å². The Morgan fingerprint density at radius 3 is 2.12 bits per heavy atom. The van der Waals surface area contributed by atoms with Gasteiger partial charge in [-0.1, -0.05) is 47.6 Å². The number of nitrogens with one attached hydrogen (secondary N) is 1. The Hall–Kier alpha value is -2.98. The molecule has 274 valence electrons. The first-order chi connectivity index (χ1) is 22.3. The van der Waals surface area contributed by atoms with Crippen molar-refractivity contribution in [3.05, 3.63) is 23.8 Å². The number of likely N-dealkylation sites (N-methyl/N-ethyl adjacent to an activating group) is 1. The highest BCUT2D eigenvalue weighted by Gasteiger charge is 2.47. The molecule has 2 amide bonds. The molecule has 1 aromatic carbocycles. The molecule has 11 nitrogen and oxygen atoms in total. The van der Waals surface area contributed by atoms with E-state index in [1.807, 2.05) is 52.8 Å². The Balaban J connectivity index is 3.46. The van der Waals surface area contributed by atoms with Crippen molar-refractivity contribution in [2.45, 2.75) is 117 Å². The van der Waals surface area contributed by atoms with Gasteiger partial charge in [0.25, 0.3) is 0 Å². The predicted molar refractivity (Wildman–Crippen MR) is 188 cm³/mol. The highest BCUT2D eigenvalue weighted by atomic mass is 16.5. The second-order valence-electron chi connectivity index (χ2n) is 14.9. The van der Waals surface area contributed by atoms with Gasteiger partial charge in [-0.25, -0.2) is 4.79 Å². The third-order valence-corrected chi connectivity index (χ3v) is 8.66. The summed E-state index contributed by atoms with van der Waals surface area (Å²) in [7, 11) is 6.51. The lowest BCUT2D eigenvalue weighted by molar-refractivity contribution is -0.143. The normalized spacial score (nSPS) is 15.7. The van der Waals surface area contributed by atoms with Gasteiger partial charge < -0.3 is 34.3 Å². The number of nitrogens with zero attached hydrogens (tertiary/aromatic N) is 2. The van der Waals surface area contributed by atoms with Crippen molar-refractivity contribution in [2.24, 2.45) is 28.7 Å². The van der Waals surface area contributed by atoms with E-state index in [1.165, 1.54) is 4.90 Å². The molecule has 0 radical (unpaired) electrons. The summed E-state index contributed by atoms with van der Waals surface area (Å²) in [5.74, 6) is -0.0309. The lowest BCUT2D eigenvalue weighted by Gasteiger charge is -2.39. The van der Waals surface area contributed by atoms with Crippen molar-refractivity contribution in [3.8, 4) is 11.5 Å². The van der Waals surface area contributed by atoms with Crippen molar-refractivity contribution < 1.29 is 38.4 Å². The summed E-state index contributed by atoms with van der Waals surface area (Å²) in [5, 5.41) is 14.7. The Labute approximate surface area is 289 Å². The third kappa shape index (κ3) is 13.1. The number of benzene rings is 1. The maximum absolute atomic E-state index is 14.0. The lowest BCUT2D eigenvalue weighted by Crippen LogP contribution is -2.58. The molecule has 5 atom stereocenters. The number of hydrogen-bond acceptors (Lipinski definition) is 9. The van der Waals surface area contributed by atoms with E-state index in [9.17, 15) is 19.5 Å². The molecule has 0 aromatic heterocycles. The summed E-state index contributed by atoms with van der Waals surface area (Å²) < 4.78 is 23.2. The molecule has 0 saturated heterocycles. The number of ether oxygens (including phenoxy) is 4. The van der Waals surface area contributed by atoms with E-state index < -0.39 is 41.2 Å². The van der Waals surface area contributed by atoms with Crippen LogP contribution in [0.1, 0.15) is 87.1 Å². The van der Waals surface area contributed by atoms with Gasteiger partial charge in [-0.05, 0) is 75.0 Å². The minimum atomic E-state index is -1.68. The number of amides is 2. The predicted octanol–water partition coefficient (Wildman–Crippen LogP) is 5.21. The third-order valence-electron chi connectivity index (χ3n) is 8.66. The molecule has 0 saturated carbocycles. The molecule has 48 heavy (non-hydrogen) atoms. The number of methoxy groups -OCH3 is 2. The summed E-state index contributed by atoms with van der Waals surface area (Å²) >= 11 is 0. The second kappa shape index (κ2) is 19.9. The molecule has 0 bridgehead atoms. The second-order valence-corrected chi connectivity index (χ2v) is 14.9. The van der Waals surface area contributed by atoms with Crippen LogP contribution >= 0.6 is 0 Å². The van der Waals surface area contributed by atoms with Crippen LogP contribution in [0, 0.1) is 23.7 Å². The van der Waals surface area contributed by atoms with E-state index in [-0.39, 0.29) is 30.1 Å². The van der Waals surface area contributed by atoms with E-state index in [4.69, 9.17) is 18.9 Å². The number of hydrogen-bond donors (Lipinski definition) is 2. The molecule has 0 aliphatic rings. The van der Waals surface area contributed by atoms with Crippen molar-refractivity contribution in [1.29, 1.82) is 0 Å². The molecule has 0 heterocycles. The molecule has 11 heteroatoms. The van der Waals surface area contributed by atoms with Gasteiger partial charge in [-0.15, -0.1) is 0 Å². The van der Waals surface area contributed by atoms with Gasteiger partial charge in [0.2, 0.25) is 17.9 Å². The number of rotatable bonds is 21. The quantitative estimate of drug-likeness (QED) is 0.103. The van der Waals surface area contributed by atoms with E-state index >= 15 is 0 Å². The Morgan fingerprint density at radius 2 is 1.65 bits per heavy atom. The van der Waals surface area contributed by atoms with Gasteiger partial charge in [-0.3, -0.25) is 9.59 Å². The van der Waals surface area contributed by atoms with Crippen molar-refractivity contribution >= 4 is 17.9 Å². The largest absolute Gasteiger partial charge is 0.493 e. The van der Waals surface area contributed by atoms with Gasteiger partial charge in [0, 0.05) is 40.7 Å². The van der Waals surface area contributed by atoms with Crippen LogP contribution < -0.4 is 14.8 Å². The molecule has 0 spiro atoms. The van der Waals surface area contributed by atoms with Crippen LogP contribution in [0.4, 0.5) is 0 Å². The molecule has 0 unspecified atom stereocenters. The fraction of sp³-hybridized carbons (Fsp3) is 0.757. The van der Waals surface area contributed by atoms with Gasteiger partial charge in [0.1, 0.15) is 6.04 Å². The van der Waals surface area contributed by atoms with Crippen LogP contribution in [-0.4, -0.2) is 98.8 Å². The average molecular weight is 678 g/mol. The Bertz CT molecular complexity index is 1190.